The number of nitrogens with zero attached hydrogens (tertiary/aromatic N) is 3. The maximum absolute atomic E-state index is 14.5. The third kappa shape index (κ3) is 5.69. The van der Waals surface area contributed by atoms with E-state index in [9.17, 15) is 9.18 Å². The summed E-state index contributed by atoms with van der Waals surface area (Å²) in [5.41, 5.74) is 9.09. The number of hydrogen-bond donors (Lipinski definition) is 1. The molecule has 2 aromatic rings. The number of esters is 1. The lowest BCUT2D eigenvalue weighted by molar-refractivity contribution is -0.152. The summed E-state index contributed by atoms with van der Waals surface area (Å²) in [4.78, 5) is 17.2. The highest BCUT2D eigenvalue weighted by Crippen LogP contribution is 2.51. The number of ether oxygens (including phenoxy) is 1. The first-order valence-electron chi connectivity index (χ1n) is 14.6. The van der Waals surface area contributed by atoms with Crippen molar-refractivity contribution in [3.8, 4) is 6.07 Å². The van der Waals surface area contributed by atoms with E-state index in [0.29, 0.717) is 30.4 Å². The van der Waals surface area contributed by atoms with Crippen molar-refractivity contribution in [2.24, 2.45) is 23.5 Å². The Labute approximate surface area is 231 Å². The van der Waals surface area contributed by atoms with Gasteiger partial charge in [-0.25, -0.2) is 4.39 Å². The van der Waals surface area contributed by atoms with Gasteiger partial charge < -0.3 is 20.3 Å². The molecule has 7 heteroatoms. The van der Waals surface area contributed by atoms with Crippen LogP contribution >= 0.6 is 0 Å². The van der Waals surface area contributed by atoms with Gasteiger partial charge in [0.2, 0.25) is 0 Å². The van der Waals surface area contributed by atoms with Crippen LogP contribution < -0.4 is 10.6 Å². The summed E-state index contributed by atoms with van der Waals surface area (Å²) in [6, 6.07) is 17.0. The van der Waals surface area contributed by atoms with Crippen molar-refractivity contribution in [2.45, 2.75) is 57.0 Å². The van der Waals surface area contributed by atoms with Crippen LogP contribution in [0.2, 0.25) is 0 Å². The number of likely N-dealkylation sites (tertiary alicyclic amines) is 1. The quantitative estimate of drug-likeness (QED) is 0.465. The molecule has 0 radical (unpaired) electrons. The minimum atomic E-state index is -0.410. The molecule has 2 saturated heterocycles. The summed E-state index contributed by atoms with van der Waals surface area (Å²) in [7, 11) is 0. The Morgan fingerprint density at radius 3 is 2.51 bits per heavy atom. The lowest BCUT2D eigenvalue weighted by Gasteiger charge is -2.50. The number of benzene rings is 2. The molecule has 3 aliphatic rings. The number of nitrogens with two attached hydrogens (primary N) is 1. The monoisotopic (exact) mass is 532 g/mol. The first-order valence-corrected chi connectivity index (χ1v) is 14.6. The summed E-state index contributed by atoms with van der Waals surface area (Å²) in [6.45, 7) is 7.41. The van der Waals surface area contributed by atoms with Gasteiger partial charge in [-0.15, -0.1) is 0 Å². The van der Waals surface area contributed by atoms with Gasteiger partial charge in [-0.1, -0.05) is 19.1 Å². The van der Waals surface area contributed by atoms with E-state index in [4.69, 9.17) is 15.7 Å². The molecule has 0 amide bonds. The fourth-order valence-corrected chi connectivity index (χ4v) is 7.51. The zero-order valence-electron chi connectivity index (χ0n) is 23.0. The molecule has 2 aromatic carbocycles. The fourth-order valence-electron chi connectivity index (χ4n) is 7.51. The molecule has 2 N–H and O–H groups in total. The molecule has 1 saturated carbocycles. The van der Waals surface area contributed by atoms with Gasteiger partial charge >= 0.3 is 5.97 Å². The Balaban J connectivity index is 1.26. The Bertz CT molecular complexity index is 1170. The van der Waals surface area contributed by atoms with Crippen LogP contribution in [0.15, 0.2) is 48.5 Å². The minimum Gasteiger partial charge on any atom is -0.462 e. The van der Waals surface area contributed by atoms with Gasteiger partial charge in [0.1, 0.15) is 11.9 Å². The number of piperidine rings is 1. The van der Waals surface area contributed by atoms with Crippen molar-refractivity contribution < 1.29 is 13.9 Å². The molecule has 2 aliphatic heterocycles. The van der Waals surface area contributed by atoms with Gasteiger partial charge in [-0.3, -0.25) is 4.79 Å². The average molecular weight is 533 g/mol. The molecule has 0 unspecified atom stereocenters. The van der Waals surface area contributed by atoms with E-state index in [0.717, 1.165) is 70.4 Å². The van der Waals surface area contributed by atoms with Crippen molar-refractivity contribution in [3.63, 3.8) is 0 Å². The van der Waals surface area contributed by atoms with E-state index in [1.165, 1.54) is 11.8 Å². The van der Waals surface area contributed by atoms with Gasteiger partial charge in [0.15, 0.2) is 0 Å². The van der Waals surface area contributed by atoms with Crippen LogP contribution in [0.5, 0.6) is 0 Å². The summed E-state index contributed by atoms with van der Waals surface area (Å²) in [6.07, 6.45) is 5.01. The van der Waals surface area contributed by atoms with Crippen molar-refractivity contribution in [1.82, 2.24) is 4.90 Å². The molecule has 2 heterocycles. The number of hydrogen-bond acceptors (Lipinski definition) is 6. The van der Waals surface area contributed by atoms with E-state index >= 15 is 0 Å². The third-order valence-corrected chi connectivity index (χ3v) is 9.54. The summed E-state index contributed by atoms with van der Waals surface area (Å²) in [5, 5.41) is 9.03. The third-order valence-electron chi connectivity index (χ3n) is 9.54. The zero-order valence-corrected chi connectivity index (χ0v) is 23.0. The van der Waals surface area contributed by atoms with Crippen LogP contribution in [-0.2, 0) is 14.9 Å². The highest BCUT2D eigenvalue weighted by Gasteiger charge is 2.52. The topological polar surface area (TPSA) is 82.6 Å². The molecule has 3 fully saturated rings. The van der Waals surface area contributed by atoms with Crippen LogP contribution in [-0.4, -0.2) is 56.2 Å². The Morgan fingerprint density at radius 2 is 1.87 bits per heavy atom. The minimum absolute atomic E-state index is 0.101. The van der Waals surface area contributed by atoms with E-state index in [1.807, 2.05) is 37.3 Å². The van der Waals surface area contributed by atoms with Crippen LogP contribution in [0.4, 0.5) is 10.1 Å². The van der Waals surface area contributed by atoms with Crippen molar-refractivity contribution >= 4 is 11.7 Å². The molecule has 0 aromatic heterocycles. The lowest BCUT2D eigenvalue weighted by atomic mass is 9.58. The van der Waals surface area contributed by atoms with Gasteiger partial charge in [0.25, 0.3) is 0 Å². The largest absolute Gasteiger partial charge is 0.462 e. The highest BCUT2D eigenvalue weighted by molar-refractivity contribution is 5.69. The molecule has 208 valence electrons. The van der Waals surface area contributed by atoms with Crippen LogP contribution in [0.1, 0.15) is 56.6 Å². The van der Waals surface area contributed by atoms with Gasteiger partial charge in [0.05, 0.1) is 11.6 Å². The number of carbonyl (C=O) groups is 1. The first-order chi connectivity index (χ1) is 19.0. The van der Waals surface area contributed by atoms with Crippen molar-refractivity contribution in [2.75, 3.05) is 44.2 Å². The molecular weight excluding hydrogens is 491 g/mol. The zero-order chi connectivity index (χ0) is 27.4. The molecule has 39 heavy (non-hydrogen) atoms. The van der Waals surface area contributed by atoms with Crippen LogP contribution in [0.25, 0.3) is 0 Å². The van der Waals surface area contributed by atoms with E-state index in [2.05, 4.69) is 15.9 Å². The van der Waals surface area contributed by atoms with Crippen LogP contribution in [0.3, 0.4) is 0 Å². The van der Waals surface area contributed by atoms with Gasteiger partial charge in [-0.05, 0) is 93.1 Å². The molecule has 3 atom stereocenters. The van der Waals surface area contributed by atoms with Gasteiger partial charge in [0, 0.05) is 55.5 Å². The molecule has 5 rings (SSSR count). The second kappa shape index (κ2) is 12.1. The Morgan fingerprint density at radius 1 is 1.13 bits per heavy atom. The highest BCUT2D eigenvalue weighted by atomic mass is 19.1. The second-order valence-electron chi connectivity index (χ2n) is 11.7. The predicted molar refractivity (Wildman–Crippen MR) is 151 cm³/mol. The SMILES string of the molecule is CCC(=O)O[C@H]1CCC[C@@H]1[C@](CN)(c1cccc(F)c1)C1CCN(CC2CN(c3ccc(C#N)cc3)C2)CC1. The maximum Gasteiger partial charge on any atom is 0.305 e. The summed E-state index contributed by atoms with van der Waals surface area (Å²) >= 11 is 0. The van der Waals surface area contributed by atoms with Crippen molar-refractivity contribution in [3.05, 3.63) is 65.5 Å². The molecule has 6 nitrogen and oxygen atoms in total. The smallest absolute Gasteiger partial charge is 0.305 e. The number of nitriles is 1. The Kier molecular flexibility index (Phi) is 8.54. The number of carbonyl (C=O) groups excluding carboxylic acids is 1. The lowest BCUT2D eigenvalue weighted by Crippen LogP contribution is -2.56. The summed E-state index contributed by atoms with van der Waals surface area (Å²) < 4.78 is 20.5. The number of halogens is 1. The molecule has 1 aliphatic carbocycles. The van der Waals surface area contributed by atoms with E-state index in [1.54, 1.807) is 12.1 Å². The standard InChI is InChI=1S/C32H41FN4O2/c1-2-31(38)39-30-8-4-7-29(30)32(22-35,26-5-3-6-27(33)17-26)25-13-15-36(16-14-25)19-24-20-37(21-24)28-11-9-23(18-34)10-12-28/h3,5-6,9-12,17,24-25,29-30H,2,4,7-8,13-16,19-22,35H2,1H3/t29-,30-,32-/m0/s1. The molecule has 0 spiro atoms. The average Bonchev–Trinajstić information content (AvgIpc) is 3.40. The molecule has 0 bridgehead atoms. The number of rotatable bonds is 9. The van der Waals surface area contributed by atoms with Crippen molar-refractivity contribution in [1.29, 1.82) is 5.26 Å². The van der Waals surface area contributed by atoms with Gasteiger partial charge in [-0.2, -0.15) is 5.26 Å². The fraction of sp³-hybridized carbons (Fsp3) is 0.562. The Hall–Kier alpha value is -2.95. The maximum atomic E-state index is 14.5. The van der Waals surface area contributed by atoms with Crippen LogP contribution in [0, 0.1) is 34.9 Å². The molecular formula is C32H41FN4O2. The second-order valence-corrected chi connectivity index (χ2v) is 11.7. The van der Waals surface area contributed by atoms with E-state index < -0.39 is 5.41 Å². The predicted octanol–water partition coefficient (Wildman–Crippen LogP) is 4.86. The van der Waals surface area contributed by atoms with E-state index in [-0.39, 0.29) is 23.8 Å². The summed E-state index contributed by atoms with van der Waals surface area (Å²) in [5.74, 6) is 0.640. The first kappa shape index (κ1) is 27.6. The normalized spacial score (nSPS) is 24.1. The number of anilines is 1.